The van der Waals surface area contributed by atoms with E-state index < -0.39 is 21.7 Å². The molecule has 1 aromatic rings. The van der Waals surface area contributed by atoms with Crippen LogP contribution < -0.4 is 10.0 Å². The first-order chi connectivity index (χ1) is 8.85. The third-order valence-electron chi connectivity index (χ3n) is 2.25. The van der Waals surface area contributed by atoms with Crippen molar-refractivity contribution in [2.45, 2.75) is 13.3 Å². The highest BCUT2D eigenvalue weighted by Crippen LogP contribution is 2.24. The minimum absolute atomic E-state index is 0.00397. The Kier molecular flexibility index (Phi) is 6.15. The van der Waals surface area contributed by atoms with Crippen molar-refractivity contribution in [1.82, 2.24) is 5.32 Å². The zero-order chi connectivity index (χ0) is 14.5. The number of anilines is 1. The summed E-state index contributed by atoms with van der Waals surface area (Å²) >= 11 is 2.87. The molecule has 0 atom stereocenters. The van der Waals surface area contributed by atoms with Gasteiger partial charge in [-0.15, -0.1) is 0 Å². The molecule has 0 spiro atoms. The molecule has 1 aromatic carbocycles. The highest BCUT2D eigenvalue weighted by Gasteiger charge is 2.15. The maximum atomic E-state index is 13.4. The Balaban J connectivity index is 2.70. The Hall–Kier alpha value is -0.730. The molecule has 0 saturated heterocycles. The molecule has 8 heteroatoms. The summed E-state index contributed by atoms with van der Waals surface area (Å²) in [7, 11) is -3.66. The van der Waals surface area contributed by atoms with Gasteiger partial charge in [-0.3, -0.25) is 4.72 Å². The fourth-order valence-electron chi connectivity index (χ4n) is 1.33. The average molecular weight is 357 g/mol. The van der Waals surface area contributed by atoms with Crippen LogP contribution in [0, 0.1) is 11.6 Å². The predicted molar refractivity (Wildman–Crippen MR) is 74.6 cm³/mol. The normalized spacial score (nSPS) is 11.6. The maximum Gasteiger partial charge on any atom is 0.234 e. The number of benzene rings is 1. The number of hydrogen-bond acceptors (Lipinski definition) is 3. The number of rotatable bonds is 7. The van der Waals surface area contributed by atoms with E-state index >= 15 is 0 Å². The van der Waals surface area contributed by atoms with E-state index in [0.717, 1.165) is 12.5 Å². The molecule has 4 nitrogen and oxygen atoms in total. The van der Waals surface area contributed by atoms with Crippen LogP contribution in [0.3, 0.4) is 0 Å². The number of halogens is 3. The average Bonchev–Trinajstić information content (AvgIpc) is 2.31. The van der Waals surface area contributed by atoms with Gasteiger partial charge in [0.15, 0.2) is 0 Å². The van der Waals surface area contributed by atoms with E-state index in [1.165, 1.54) is 0 Å². The smallest absolute Gasteiger partial charge is 0.234 e. The number of nitrogens with one attached hydrogen (secondary N) is 2. The standard InChI is InChI=1S/C11H15BrF2N2O2S/c1-2-3-15-4-5-19(17,18)16-11-6-8(12)9(13)7-10(11)14/h6-7,15-16H,2-5H2,1H3. The SMILES string of the molecule is CCCNCCS(=O)(=O)Nc1cc(Br)c(F)cc1F. The van der Waals surface area contributed by atoms with E-state index in [-0.39, 0.29) is 22.5 Å². The molecule has 0 aliphatic rings. The van der Waals surface area contributed by atoms with E-state index in [4.69, 9.17) is 0 Å². The van der Waals surface area contributed by atoms with Gasteiger partial charge in [0, 0.05) is 12.6 Å². The van der Waals surface area contributed by atoms with Crippen molar-refractivity contribution >= 4 is 31.6 Å². The largest absolute Gasteiger partial charge is 0.316 e. The molecule has 0 aliphatic carbocycles. The summed E-state index contributed by atoms with van der Waals surface area (Å²) in [5.74, 6) is -1.92. The van der Waals surface area contributed by atoms with Crippen molar-refractivity contribution < 1.29 is 17.2 Å². The van der Waals surface area contributed by atoms with Gasteiger partial charge in [-0.2, -0.15) is 0 Å². The zero-order valence-electron chi connectivity index (χ0n) is 10.3. The Morgan fingerprint density at radius 3 is 2.53 bits per heavy atom. The van der Waals surface area contributed by atoms with Gasteiger partial charge < -0.3 is 5.32 Å². The van der Waals surface area contributed by atoms with Crippen LogP contribution in [0.5, 0.6) is 0 Å². The van der Waals surface area contributed by atoms with Crippen molar-refractivity contribution in [3.05, 3.63) is 28.2 Å². The second kappa shape index (κ2) is 7.16. The van der Waals surface area contributed by atoms with Gasteiger partial charge in [0.2, 0.25) is 10.0 Å². The first-order valence-corrected chi connectivity index (χ1v) is 8.16. The molecule has 0 saturated carbocycles. The molecule has 0 bridgehead atoms. The molecule has 0 amide bonds. The molecular formula is C11H15BrF2N2O2S. The third kappa shape index (κ3) is 5.42. The van der Waals surface area contributed by atoms with E-state index in [1.54, 1.807) is 0 Å². The van der Waals surface area contributed by atoms with E-state index in [9.17, 15) is 17.2 Å². The van der Waals surface area contributed by atoms with Crippen LogP contribution in [0.4, 0.5) is 14.5 Å². The molecule has 2 N–H and O–H groups in total. The summed E-state index contributed by atoms with van der Waals surface area (Å²) in [4.78, 5) is 0. The number of hydrogen-bond donors (Lipinski definition) is 2. The summed E-state index contributed by atoms with van der Waals surface area (Å²) in [5.41, 5.74) is -0.274. The molecule has 0 fully saturated rings. The van der Waals surface area contributed by atoms with Crippen molar-refractivity contribution in [2.75, 3.05) is 23.6 Å². The lowest BCUT2D eigenvalue weighted by Gasteiger charge is -2.10. The molecule has 0 unspecified atom stereocenters. The molecular weight excluding hydrogens is 342 g/mol. The van der Waals surface area contributed by atoms with E-state index in [2.05, 4.69) is 26.0 Å². The lowest BCUT2D eigenvalue weighted by molar-refractivity contribution is 0.578. The predicted octanol–water partition coefficient (Wildman–Crippen LogP) is 2.47. The van der Waals surface area contributed by atoms with Gasteiger partial charge in [-0.1, -0.05) is 6.92 Å². The highest BCUT2D eigenvalue weighted by molar-refractivity contribution is 9.10. The Bertz CT molecular complexity index is 538. The fraction of sp³-hybridized carbons (Fsp3) is 0.455. The summed E-state index contributed by atoms with van der Waals surface area (Å²) in [6.45, 7) is 2.95. The van der Waals surface area contributed by atoms with Crippen LogP contribution in [-0.4, -0.2) is 27.3 Å². The van der Waals surface area contributed by atoms with Crippen LogP contribution in [0.25, 0.3) is 0 Å². The van der Waals surface area contributed by atoms with E-state index in [1.807, 2.05) is 6.92 Å². The Labute approximate surface area is 119 Å². The van der Waals surface area contributed by atoms with Gasteiger partial charge in [-0.05, 0) is 35.0 Å². The topological polar surface area (TPSA) is 58.2 Å². The summed E-state index contributed by atoms with van der Waals surface area (Å²) in [6.07, 6.45) is 0.896. The zero-order valence-corrected chi connectivity index (χ0v) is 12.7. The van der Waals surface area contributed by atoms with Crippen LogP contribution in [0.2, 0.25) is 0 Å². The lowest BCUT2D eigenvalue weighted by atomic mass is 10.3. The second-order valence-corrected chi connectivity index (χ2v) is 6.61. The molecule has 0 aromatic heterocycles. The van der Waals surface area contributed by atoms with Gasteiger partial charge in [0.05, 0.1) is 15.9 Å². The Morgan fingerprint density at radius 2 is 1.89 bits per heavy atom. The van der Waals surface area contributed by atoms with Crippen LogP contribution in [0.1, 0.15) is 13.3 Å². The van der Waals surface area contributed by atoms with Crippen molar-refractivity contribution in [3.8, 4) is 0 Å². The summed E-state index contributed by atoms with van der Waals surface area (Å²) < 4.78 is 51.9. The first-order valence-electron chi connectivity index (χ1n) is 5.71. The summed E-state index contributed by atoms with van der Waals surface area (Å²) in [6, 6.07) is 1.68. The second-order valence-electron chi connectivity index (χ2n) is 3.92. The van der Waals surface area contributed by atoms with Crippen LogP contribution in [-0.2, 0) is 10.0 Å². The molecule has 1 rings (SSSR count). The minimum Gasteiger partial charge on any atom is -0.316 e. The highest BCUT2D eigenvalue weighted by atomic mass is 79.9. The molecule has 0 radical (unpaired) electrons. The number of sulfonamides is 1. The fourth-order valence-corrected chi connectivity index (χ4v) is 2.68. The van der Waals surface area contributed by atoms with Crippen molar-refractivity contribution in [1.29, 1.82) is 0 Å². The molecule has 108 valence electrons. The lowest BCUT2D eigenvalue weighted by Crippen LogP contribution is -2.27. The first kappa shape index (κ1) is 16.3. The van der Waals surface area contributed by atoms with Crippen molar-refractivity contribution in [2.24, 2.45) is 0 Å². The molecule has 0 aliphatic heterocycles. The van der Waals surface area contributed by atoms with Gasteiger partial charge in [0.25, 0.3) is 0 Å². The molecule has 0 heterocycles. The quantitative estimate of drug-likeness (QED) is 0.582. The third-order valence-corrected chi connectivity index (χ3v) is 4.13. The summed E-state index contributed by atoms with van der Waals surface area (Å²) in [5, 5.41) is 2.93. The van der Waals surface area contributed by atoms with Crippen molar-refractivity contribution in [3.63, 3.8) is 0 Å². The van der Waals surface area contributed by atoms with Gasteiger partial charge in [-0.25, -0.2) is 17.2 Å². The van der Waals surface area contributed by atoms with Crippen LogP contribution in [0.15, 0.2) is 16.6 Å². The monoisotopic (exact) mass is 356 g/mol. The minimum atomic E-state index is -3.66. The Morgan fingerprint density at radius 1 is 1.21 bits per heavy atom. The van der Waals surface area contributed by atoms with E-state index in [0.29, 0.717) is 12.6 Å². The maximum absolute atomic E-state index is 13.4. The van der Waals surface area contributed by atoms with Crippen LogP contribution >= 0.6 is 15.9 Å². The molecule has 19 heavy (non-hydrogen) atoms. The van der Waals surface area contributed by atoms with Gasteiger partial charge >= 0.3 is 0 Å². The van der Waals surface area contributed by atoms with Gasteiger partial charge in [0.1, 0.15) is 11.6 Å².